The lowest BCUT2D eigenvalue weighted by Gasteiger charge is -2.28. The highest BCUT2D eigenvalue weighted by Crippen LogP contribution is 2.31. The van der Waals surface area contributed by atoms with E-state index in [2.05, 4.69) is 20.6 Å². The lowest BCUT2D eigenvalue weighted by atomic mass is 9.97. The summed E-state index contributed by atoms with van der Waals surface area (Å²) in [6, 6.07) is 20.3. The quantitative estimate of drug-likeness (QED) is 0.148. The van der Waals surface area contributed by atoms with Crippen LogP contribution in [0.3, 0.4) is 0 Å². The lowest BCUT2D eigenvalue weighted by molar-refractivity contribution is -0.387. The number of nitro benzene ring substituents is 1. The van der Waals surface area contributed by atoms with Gasteiger partial charge in [0, 0.05) is 30.3 Å². The average molecular weight is 623 g/mol. The fraction of sp³-hybridized carbons (Fsp3) is 0.129. The van der Waals surface area contributed by atoms with Crippen molar-refractivity contribution in [3.63, 3.8) is 0 Å². The van der Waals surface area contributed by atoms with Gasteiger partial charge < -0.3 is 0 Å². The van der Waals surface area contributed by atoms with Gasteiger partial charge in [-0.05, 0) is 55.3 Å². The van der Waals surface area contributed by atoms with Gasteiger partial charge in [0.25, 0.3) is 15.7 Å². The van der Waals surface area contributed by atoms with Gasteiger partial charge in [0.2, 0.25) is 0 Å². The van der Waals surface area contributed by atoms with Gasteiger partial charge in [0.15, 0.2) is 10.7 Å². The number of piperidine rings is 1. The maximum Gasteiger partial charge on any atom is 0.289 e. The summed E-state index contributed by atoms with van der Waals surface area (Å²) in [6.07, 6.45) is 6.22. The van der Waals surface area contributed by atoms with E-state index in [9.17, 15) is 23.3 Å². The number of hydrogen-bond donors (Lipinski definition) is 0. The minimum atomic E-state index is -4.42. The number of hydrogen-bond acceptors (Lipinski definition) is 9. The van der Waals surface area contributed by atoms with Gasteiger partial charge in [-0.1, -0.05) is 59.0 Å². The summed E-state index contributed by atoms with van der Waals surface area (Å²) in [7, 11) is -4.42. The molecule has 0 unspecified atom stereocenters. The molecule has 0 bridgehead atoms. The Balaban J connectivity index is 1.41. The maximum atomic E-state index is 13.9. The van der Waals surface area contributed by atoms with E-state index in [1.54, 1.807) is 21.8 Å². The molecule has 0 aliphatic carbocycles. The Kier molecular flexibility index (Phi) is 7.74. The SMILES string of the molecule is Cc1ccccc1-n1cc(C=C2CN(S(=O)(=O)c3ccccc3[N+](=O)[O-])CC(=Cc3cn(-c4ccccc4C)nn3)C2=O)nn1. The van der Waals surface area contributed by atoms with Crippen LogP contribution in [-0.2, 0) is 14.8 Å². The Morgan fingerprint density at radius 3 is 1.71 bits per heavy atom. The molecule has 0 radical (unpaired) electrons. The topological polar surface area (TPSA) is 159 Å². The molecule has 6 rings (SSSR count). The van der Waals surface area contributed by atoms with Crippen molar-refractivity contribution in [3.05, 3.63) is 129 Å². The van der Waals surface area contributed by atoms with E-state index >= 15 is 0 Å². The van der Waals surface area contributed by atoms with E-state index in [1.807, 2.05) is 62.4 Å². The number of aromatic nitrogens is 6. The van der Waals surface area contributed by atoms with Gasteiger partial charge in [-0.2, -0.15) is 4.31 Å². The monoisotopic (exact) mass is 622 g/mol. The number of para-hydroxylation sites is 3. The minimum Gasteiger partial charge on any atom is -0.289 e. The molecule has 0 atom stereocenters. The van der Waals surface area contributed by atoms with Crippen LogP contribution in [0.25, 0.3) is 23.5 Å². The van der Waals surface area contributed by atoms with Crippen molar-refractivity contribution >= 4 is 33.6 Å². The van der Waals surface area contributed by atoms with Gasteiger partial charge in [-0.25, -0.2) is 17.8 Å². The Hall–Kier alpha value is -5.60. The minimum absolute atomic E-state index is 0.109. The van der Waals surface area contributed by atoms with Gasteiger partial charge in [0.1, 0.15) is 11.4 Å². The molecule has 2 aromatic heterocycles. The molecule has 0 saturated carbocycles. The van der Waals surface area contributed by atoms with E-state index in [4.69, 9.17) is 0 Å². The molecule has 13 nitrogen and oxygen atoms in total. The molecule has 0 N–H and O–H groups in total. The first-order valence-electron chi connectivity index (χ1n) is 13.8. The zero-order valence-electron chi connectivity index (χ0n) is 24.2. The van der Waals surface area contributed by atoms with E-state index in [-0.39, 0.29) is 24.2 Å². The maximum absolute atomic E-state index is 13.9. The summed E-state index contributed by atoms with van der Waals surface area (Å²) in [6.45, 7) is 3.19. The average Bonchev–Trinajstić information content (AvgIpc) is 3.69. The van der Waals surface area contributed by atoms with Gasteiger partial charge >= 0.3 is 0 Å². The number of nitrogens with zero attached hydrogens (tertiary/aromatic N) is 8. The Morgan fingerprint density at radius 2 is 1.22 bits per heavy atom. The second kappa shape index (κ2) is 11.8. The van der Waals surface area contributed by atoms with Crippen LogP contribution in [0.1, 0.15) is 22.5 Å². The van der Waals surface area contributed by atoms with Gasteiger partial charge in [-0.3, -0.25) is 14.9 Å². The number of benzene rings is 3. The van der Waals surface area contributed by atoms with Crippen molar-refractivity contribution < 1.29 is 18.1 Å². The van der Waals surface area contributed by atoms with Crippen molar-refractivity contribution in [1.29, 1.82) is 0 Å². The summed E-state index contributed by atoms with van der Waals surface area (Å²) in [4.78, 5) is 24.3. The summed E-state index contributed by atoms with van der Waals surface area (Å²) >= 11 is 0. The fourth-order valence-corrected chi connectivity index (χ4v) is 6.62. The molecular weight excluding hydrogens is 596 g/mol. The first-order chi connectivity index (χ1) is 21.6. The van der Waals surface area contributed by atoms with Gasteiger partial charge in [-0.15, -0.1) is 10.2 Å². The third-order valence-corrected chi connectivity index (χ3v) is 9.19. The Bertz CT molecular complexity index is 2020. The highest BCUT2D eigenvalue weighted by atomic mass is 32.2. The smallest absolute Gasteiger partial charge is 0.289 e. The molecule has 226 valence electrons. The fourth-order valence-electron chi connectivity index (χ4n) is 5.06. The van der Waals surface area contributed by atoms with Crippen molar-refractivity contribution in [2.45, 2.75) is 18.7 Å². The van der Waals surface area contributed by atoms with E-state index in [0.29, 0.717) is 11.4 Å². The summed E-state index contributed by atoms with van der Waals surface area (Å²) < 4.78 is 31.9. The van der Waals surface area contributed by atoms with Crippen molar-refractivity contribution in [1.82, 2.24) is 34.3 Å². The second-order valence-corrected chi connectivity index (χ2v) is 12.3. The molecular formula is C31H26N8O5S. The molecule has 3 aromatic carbocycles. The van der Waals surface area contributed by atoms with Crippen LogP contribution in [0.2, 0.25) is 0 Å². The molecule has 3 heterocycles. The summed E-state index contributed by atoms with van der Waals surface area (Å²) in [5.74, 6) is -0.417. The van der Waals surface area contributed by atoms with Crippen LogP contribution < -0.4 is 0 Å². The molecule has 0 amide bonds. The number of Topliss-reactive ketones (excluding diaryl/α,β-unsaturated/α-hetero) is 1. The van der Waals surface area contributed by atoms with Crippen LogP contribution in [0.5, 0.6) is 0 Å². The third-order valence-electron chi connectivity index (χ3n) is 7.35. The molecule has 5 aromatic rings. The van der Waals surface area contributed by atoms with E-state index in [0.717, 1.165) is 32.9 Å². The van der Waals surface area contributed by atoms with Crippen molar-refractivity contribution in [3.8, 4) is 11.4 Å². The number of carbonyl (C=O) groups is 1. The predicted molar refractivity (Wildman–Crippen MR) is 165 cm³/mol. The third kappa shape index (κ3) is 5.83. The summed E-state index contributed by atoms with van der Waals surface area (Å²) in [5, 5.41) is 28.4. The van der Waals surface area contributed by atoms with Crippen molar-refractivity contribution in [2.24, 2.45) is 0 Å². The first kappa shape index (κ1) is 29.5. The first-order valence-corrected chi connectivity index (χ1v) is 15.2. The molecule has 1 saturated heterocycles. The van der Waals surface area contributed by atoms with Crippen LogP contribution in [0.15, 0.2) is 101 Å². The predicted octanol–water partition coefficient (Wildman–Crippen LogP) is 4.11. The summed E-state index contributed by atoms with van der Waals surface area (Å²) in [5.41, 5.74) is 3.82. The number of ketones is 1. The van der Waals surface area contributed by atoms with Gasteiger partial charge in [0.05, 0.1) is 28.7 Å². The Morgan fingerprint density at radius 1 is 0.756 bits per heavy atom. The molecule has 14 heteroatoms. The highest BCUT2D eigenvalue weighted by Gasteiger charge is 2.37. The number of sulfonamides is 1. The van der Waals surface area contributed by atoms with Crippen LogP contribution in [-0.4, -0.2) is 66.5 Å². The van der Waals surface area contributed by atoms with Crippen LogP contribution in [0.4, 0.5) is 5.69 Å². The van der Waals surface area contributed by atoms with E-state index in [1.165, 1.54) is 30.4 Å². The Labute approximate surface area is 257 Å². The normalized spacial score (nSPS) is 16.0. The van der Waals surface area contributed by atoms with E-state index < -0.39 is 31.3 Å². The second-order valence-electron chi connectivity index (χ2n) is 10.4. The molecule has 0 spiro atoms. The largest absolute Gasteiger partial charge is 0.289 e. The highest BCUT2D eigenvalue weighted by molar-refractivity contribution is 7.89. The molecule has 1 aliphatic heterocycles. The zero-order chi connectivity index (χ0) is 31.7. The number of rotatable bonds is 7. The number of nitro groups is 1. The molecule has 1 fully saturated rings. The standard InChI is InChI=1S/C31H26N8O5S/c1-21-9-3-5-11-27(21)37-19-25(32-34-37)15-23-17-36(45(43,44)30-14-8-7-13-29(30)39(41)42)18-24(31(23)40)16-26-20-38(35-33-26)28-12-6-4-10-22(28)2/h3-16,19-20H,17-18H2,1-2H3. The lowest BCUT2D eigenvalue weighted by Crippen LogP contribution is -2.41. The van der Waals surface area contributed by atoms with Crippen LogP contribution in [0, 0.1) is 24.0 Å². The number of carbonyl (C=O) groups excluding carboxylic acids is 1. The van der Waals surface area contributed by atoms with Crippen molar-refractivity contribution in [2.75, 3.05) is 13.1 Å². The zero-order valence-corrected chi connectivity index (χ0v) is 25.0. The number of aryl methyl sites for hydroxylation is 2. The molecule has 1 aliphatic rings. The van der Waals surface area contributed by atoms with Crippen LogP contribution >= 0.6 is 0 Å². The molecule has 45 heavy (non-hydrogen) atoms.